The number of carbonyl (C=O) groups is 1. The first kappa shape index (κ1) is 18.7. The Morgan fingerprint density at radius 2 is 1.93 bits per heavy atom. The van der Waals surface area contributed by atoms with Crippen LogP contribution in [0.2, 0.25) is 0 Å². The second-order valence-corrected chi connectivity index (χ2v) is 7.84. The van der Waals surface area contributed by atoms with Crippen molar-refractivity contribution in [3.05, 3.63) is 58.1 Å². The minimum atomic E-state index is -0.683. The molecule has 0 N–H and O–H groups in total. The molecule has 0 aliphatic rings. The molecule has 4 rings (SSSR count). The van der Waals surface area contributed by atoms with Crippen molar-refractivity contribution in [3.8, 4) is 11.6 Å². The summed E-state index contributed by atoms with van der Waals surface area (Å²) >= 11 is 0. The highest BCUT2D eigenvalue weighted by atomic mass is 16.6. The van der Waals surface area contributed by atoms with Crippen LogP contribution in [-0.4, -0.2) is 26.2 Å². The number of ether oxygens (including phenoxy) is 1. The van der Waals surface area contributed by atoms with Gasteiger partial charge in [0, 0.05) is 17.5 Å². The molecule has 2 heterocycles. The molecular formula is C21H19N3O5. The maximum atomic E-state index is 13.0. The topological polar surface area (TPSA) is 100 Å². The normalized spacial score (nSPS) is 11.9. The molecule has 0 fully saturated rings. The molecule has 0 aliphatic carbocycles. The van der Waals surface area contributed by atoms with E-state index in [1.165, 1.54) is 22.8 Å². The molecule has 8 nitrogen and oxygen atoms in total. The Balaban J connectivity index is 1.92. The largest absolute Gasteiger partial charge is 0.443 e. The van der Waals surface area contributed by atoms with Gasteiger partial charge in [0.2, 0.25) is 5.89 Å². The third-order valence-corrected chi connectivity index (χ3v) is 4.33. The van der Waals surface area contributed by atoms with Gasteiger partial charge in [-0.1, -0.05) is 11.6 Å². The Morgan fingerprint density at radius 1 is 1.17 bits per heavy atom. The van der Waals surface area contributed by atoms with Crippen molar-refractivity contribution in [1.82, 2.24) is 9.55 Å². The van der Waals surface area contributed by atoms with Crippen LogP contribution >= 0.6 is 0 Å². The highest BCUT2D eigenvalue weighted by molar-refractivity contribution is 5.96. The van der Waals surface area contributed by atoms with Crippen molar-refractivity contribution in [1.29, 1.82) is 0 Å². The lowest BCUT2D eigenvalue weighted by molar-refractivity contribution is -0.384. The minimum Gasteiger partial charge on any atom is -0.443 e. The highest BCUT2D eigenvalue weighted by Crippen LogP contribution is 2.32. The zero-order valence-electron chi connectivity index (χ0n) is 16.4. The quantitative estimate of drug-likeness (QED) is 0.332. The van der Waals surface area contributed by atoms with E-state index in [0.29, 0.717) is 22.3 Å². The maximum absolute atomic E-state index is 13.0. The van der Waals surface area contributed by atoms with Gasteiger partial charge >= 0.3 is 6.09 Å². The van der Waals surface area contributed by atoms with E-state index in [1.54, 1.807) is 26.8 Å². The Bertz CT molecular complexity index is 1280. The van der Waals surface area contributed by atoms with E-state index in [9.17, 15) is 14.9 Å². The Morgan fingerprint density at radius 3 is 2.62 bits per heavy atom. The van der Waals surface area contributed by atoms with Crippen LogP contribution in [0, 0.1) is 17.0 Å². The standard InChI is InChI=1S/C21H19N3O5/c1-12-5-7-16-13(9-12)10-17(23(16)20(25)29-21(2,3)4)19-22-15-11-14(24(26)27)6-8-18(15)28-19/h5-11H,1-4H3. The fraction of sp³-hybridized carbons (Fsp3) is 0.238. The summed E-state index contributed by atoms with van der Waals surface area (Å²) in [4.78, 5) is 27.9. The zero-order valence-corrected chi connectivity index (χ0v) is 16.4. The van der Waals surface area contributed by atoms with Crippen molar-refractivity contribution in [2.75, 3.05) is 0 Å². The molecule has 4 aromatic rings. The average Bonchev–Trinajstić information content (AvgIpc) is 3.19. The maximum Gasteiger partial charge on any atom is 0.419 e. The third kappa shape index (κ3) is 3.44. The Kier molecular flexibility index (Phi) is 4.15. The minimum absolute atomic E-state index is 0.0827. The molecule has 0 amide bonds. The molecule has 0 aliphatic heterocycles. The fourth-order valence-electron chi connectivity index (χ4n) is 3.14. The molecule has 0 atom stereocenters. The van der Waals surface area contributed by atoms with Gasteiger partial charge in [-0.25, -0.2) is 14.3 Å². The van der Waals surface area contributed by atoms with Crippen LogP contribution in [0.25, 0.3) is 33.6 Å². The van der Waals surface area contributed by atoms with Gasteiger partial charge in [-0.2, -0.15) is 0 Å². The lowest BCUT2D eigenvalue weighted by Gasteiger charge is -2.20. The van der Waals surface area contributed by atoms with Crippen molar-refractivity contribution < 1.29 is 18.9 Å². The number of carbonyl (C=O) groups excluding carboxylic acids is 1. The summed E-state index contributed by atoms with van der Waals surface area (Å²) in [5.41, 5.74) is 2.08. The number of hydrogen-bond donors (Lipinski definition) is 0. The molecule has 0 saturated heterocycles. The van der Waals surface area contributed by atoms with Gasteiger partial charge in [0.05, 0.1) is 10.4 Å². The number of fused-ring (bicyclic) bond motifs is 2. The second-order valence-electron chi connectivity index (χ2n) is 7.84. The van der Waals surface area contributed by atoms with Crippen molar-refractivity contribution >= 4 is 33.8 Å². The van der Waals surface area contributed by atoms with E-state index < -0.39 is 16.6 Å². The summed E-state index contributed by atoms with van der Waals surface area (Å²) in [7, 11) is 0. The van der Waals surface area contributed by atoms with E-state index in [2.05, 4.69) is 4.98 Å². The summed E-state index contributed by atoms with van der Waals surface area (Å²) in [5.74, 6) is 0.181. The predicted molar refractivity (Wildman–Crippen MR) is 108 cm³/mol. The van der Waals surface area contributed by atoms with Gasteiger partial charge in [0.1, 0.15) is 16.8 Å². The molecule has 2 aromatic heterocycles. The molecule has 0 bridgehead atoms. The number of non-ortho nitro benzene ring substituents is 1. The first-order valence-corrected chi connectivity index (χ1v) is 9.03. The van der Waals surface area contributed by atoms with Crippen LogP contribution in [0.15, 0.2) is 46.9 Å². The smallest absolute Gasteiger partial charge is 0.419 e. The van der Waals surface area contributed by atoms with E-state index >= 15 is 0 Å². The van der Waals surface area contributed by atoms with Gasteiger partial charge in [-0.3, -0.25) is 10.1 Å². The van der Waals surface area contributed by atoms with E-state index in [1.807, 2.05) is 25.1 Å². The van der Waals surface area contributed by atoms with Crippen molar-refractivity contribution in [2.24, 2.45) is 0 Å². The lowest BCUT2D eigenvalue weighted by atomic mass is 10.2. The molecule has 0 unspecified atom stereocenters. The van der Waals surface area contributed by atoms with E-state index in [4.69, 9.17) is 9.15 Å². The highest BCUT2D eigenvalue weighted by Gasteiger charge is 2.25. The number of nitro benzene ring substituents is 1. The van der Waals surface area contributed by atoms with Crippen LogP contribution in [0.3, 0.4) is 0 Å². The number of hydrogen-bond acceptors (Lipinski definition) is 6. The molecule has 148 valence electrons. The van der Waals surface area contributed by atoms with Crippen LogP contribution in [0.1, 0.15) is 26.3 Å². The monoisotopic (exact) mass is 393 g/mol. The summed E-state index contributed by atoms with van der Waals surface area (Å²) < 4.78 is 12.8. The average molecular weight is 393 g/mol. The first-order valence-electron chi connectivity index (χ1n) is 9.03. The Labute approximate surface area is 165 Å². The second kappa shape index (κ2) is 6.44. The molecule has 0 spiro atoms. The first-order chi connectivity index (χ1) is 13.6. The number of aromatic nitrogens is 2. The predicted octanol–water partition coefficient (Wildman–Crippen LogP) is 5.45. The molecule has 0 saturated carbocycles. The van der Waals surface area contributed by atoms with Gasteiger partial charge in [-0.15, -0.1) is 0 Å². The lowest BCUT2D eigenvalue weighted by Crippen LogP contribution is -2.27. The summed E-state index contributed by atoms with van der Waals surface area (Å²) in [6.45, 7) is 7.33. The third-order valence-electron chi connectivity index (χ3n) is 4.33. The SMILES string of the molecule is Cc1ccc2c(c1)cc(-c1nc3cc([N+](=O)[O-])ccc3o1)n2C(=O)OC(C)(C)C. The molecular weight excluding hydrogens is 374 g/mol. The van der Waals surface area contributed by atoms with E-state index in [0.717, 1.165) is 10.9 Å². The summed E-state index contributed by atoms with van der Waals surface area (Å²) in [6.07, 6.45) is -0.556. The Hall–Kier alpha value is -3.68. The summed E-state index contributed by atoms with van der Waals surface area (Å²) in [6, 6.07) is 11.7. The summed E-state index contributed by atoms with van der Waals surface area (Å²) in [5, 5.41) is 11.9. The van der Waals surface area contributed by atoms with Crippen molar-refractivity contribution in [3.63, 3.8) is 0 Å². The number of rotatable bonds is 2. The van der Waals surface area contributed by atoms with Crippen LogP contribution in [0.4, 0.5) is 10.5 Å². The van der Waals surface area contributed by atoms with Gasteiger partial charge in [0.15, 0.2) is 5.58 Å². The molecule has 29 heavy (non-hydrogen) atoms. The fourth-order valence-corrected chi connectivity index (χ4v) is 3.14. The number of nitro groups is 1. The van der Waals surface area contributed by atoms with Crippen LogP contribution in [-0.2, 0) is 4.74 Å². The molecule has 8 heteroatoms. The number of oxazole rings is 1. The molecule has 2 aromatic carbocycles. The number of aryl methyl sites for hydroxylation is 1. The van der Waals surface area contributed by atoms with Crippen LogP contribution < -0.4 is 0 Å². The van der Waals surface area contributed by atoms with Gasteiger partial charge < -0.3 is 9.15 Å². The number of benzene rings is 2. The van der Waals surface area contributed by atoms with Crippen molar-refractivity contribution in [2.45, 2.75) is 33.3 Å². The number of nitrogens with zero attached hydrogens (tertiary/aromatic N) is 3. The van der Waals surface area contributed by atoms with Gasteiger partial charge in [-0.05, 0) is 52.0 Å². The van der Waals surface area contributed by atoms with Crippen LogP contribution in [0.5, 0.6) is 0 Å². The van der Waals surface area contributed by atoms with E-state index in [-0.39, 0.29) is 11.6 Å². The zero-order chi connectivity index (χ0) is 20.9. The van der Waals surface area contributed by atoms with Gasteiger partial charge in [0.25, 0.3) is 5.69 Å². The molecule has 0 radical (unpaired) electrons.